The van der Waals surface area contributed by atoms with Crippen LogP contribution in [0.4, 0.5) is 5.69 Å². The molecule has 6 nitrogen and oxygen atoms in total. The van der Waals surface area contributed by atoms with Crippen molar-refractivity contribution in [3.63, 3.8) is 0 Å². The zero-order chi connectivity index (χ0) is 12.8. The topological polar surface area (TPSA) is 78.6 Å². The molecule has 1 N–H and O–H groups in total. The Kier molecular flexibility index (Phi) is 3.34. The van der Waals surface area contributed by atoms with Crippen molar-refractivity contribution >= 4 is 11.5 Å². The minimum Gasteiger partial charge on any atom is -0.444 e. The first kappa shape index (κ1) is 11.4. The number of nitrogens with zero attached hydrogens (tertiary/aromatic N) is 4. The average Bonchev–Trinajstić information content (AvgIpc) is 2.94. The second-order valence-electron chi connectivity index (χ2n) is 3.21. The molecule has 1 aromatic carbocycles. The van der Waals surface area contributed by atoms with Crippen molar-refractivity contribution in [3.8, 4) is 17.4 Å². The van der Waals surface area contributed by atoms with Crippen LogP contribution in [0.2, 0.25) is 0 Å². The monoisotopic (exact) mass is 237 g/mol. The number of oxazole rings is 1. The van der Waals surface area contributed by atoms with E-state index in [1.165, 1.54) is 6.39 Å². The van der Waals surface area contributed by atoms with Crippen molar-refractivity contribution < 1.29 is 4.42 Å². The number of anilines is 1. The average molecular weight is 237 g/mol. The van der Waals surface area contributed by atoms with E-state index in [9.17, 15) is 0 Å². The Morgan fingerprint density at radius 2 is 2.22 bits per heavy atom. The molecule has 0 aliphatic carbocycles. The van der Waals surface area contributed by atoms with Gasteiger partial charge in [0.1, 0.15) is 6.07 Å². The summed E-state index contributed by atoms with van der Waals surface area (Å²) >= 11 is 0. The largest absolute Gasteiger partial charge is 0.444 e. The van der Waals surface area contributed by atoms with Gasteiger partial charge in [-0.15, -0.1) is 0 Å². The molecule has 0 atom stereocenters. The normalized spacial score (nSPS) is 10.4. The third-order valence-electron chi connectivity index (χ3n) is 2.10. The van der Waals surface area contributed by atoms with Crippen LogP contribution < -0.4 is 5.43 Å². The highest BCUT2D eigenvalue weighted by Gasteiger charge is 2.01. The van der Waals surface area contributed by atoms with Gasteiger partial charge in [-0.3, -0.25) is 0 Å². The SMILES string of the molecule is [C-]#[N+]/C(C#N)=N/Nc1ccc(-c2cnco2)cc1. The summed E-state index contributed by atoms with van der Waals surface area (Å²) < 4.78 is 5.15. The van der Waals surface area contributed by atoms with Crippen LogP contribution in [-0.4, -0.2) is 10.8 Å². The molecule has 0 unspecified atom stereocenters. The summed E-state index contributed by atoms with van der Waals surface area (Å²) in [4.78, 5) is 6.76. The van der Waals surface area contributed by atoms with Gasteiger partial charge in [0.15, 0.2) is 12.2 Å². The van der Waals surface area contributed by atoms with Crippen molar-refractivity contribution in [3.05, 3.63) is 48.3 Å². The second kappa shape index (κ2) is 5.28. The molecule has 86 valence electrons. The van der Waals surface area contributed by atoms with Gasteiger partial charge < -0.3 is 9.26 Å². The molecular weight excluding hydrogens is 230 g/mol. The summed E-state index contributed by atoms with van der Waals surface area (Å²) in [5.74, 6) is 0.429. The lowest BCUT2D eigenvalue weighted by molar-refractivity contribution is 0.572. The van der Waals surface area contributed by atoms with Gasteiger partial charge in [-0.25, -0.2) is 15.7 Å². The van der Waals surface area contributed by atoms with Crippen molar-refractivity contribution in [2.45, 2.75) is 0 Å². The minimum atomic E-state index is -0.241. The van der Waals surface area contributed by atoms with Crippen LogP contribution >= 0.6 is 0 Å². The first-order valence-electron chi connectivity index (χ1n) is 4.93. The number of hydrogen-bond donors (Lipinski definition) is 1. The summed E-state index contributed by atoms with van der Waals surface area (Å²) in [5.41, 5.74) is 4.18. The molecule has 2 aromatic rings. The van der Waals surface area contributed by atoms with Crippen LogP contribution in [-0.2, 0) is 0 Å². The maximum Gasteiger partial charge on any atom is 0.371 e. The standard InChI is InChI=1S/C12H7N5O/c1-14-12(6-13)17-16-10-4-2-9(3-5-10)11-7-15-8-18-11/h2-5,7-8,16H/b17-12+. The number of rotatable bonds is 3. The van der Waals surface area contributed by atoms with Gasteiger partial charge in [0.2, 0.25) is 0 Å². The smallest absolute Gasteiger partial charge is 0.371 e. The van der Waals surface area contributed by atoms with E-state index >= 15 is 0 Å². The van der Waals surface area contributed by atoms with Crippen LogP contribution in [0.15, 0.2) is 46.4 Å². The molecule has 18 heavy (non-hydrogen) atoms. The predicted octanol–water partition coefficient (Wildman–Crippen LogP) is 2.51. The maximum absolute atomic E-state index is 8.52. The summed E-state index contributed by atoms with van der Waals surface area (Å²) in [6, 6.07) is 8.84. The molecule has 0 radical (unpaired) electrons. The molecule has 6 heteroatoms. The Bertz CT molecular complexity index is 613. The quantitative estimate of drug-likeness (QED) is 0.385. The van der Waals surface area contributed by atoms with Crippen LogP contribution in [0.5, 0.6) is 0 Å². The lowest BCUT2D eigenvalue weighted by Gasteiger charge is -1.98. The number of hydrazone groups is 1. The van der Waals surface area contributed by atoms with Gasteiger partial charge in [-0.1, -0.05) is 6.57 Å². The molecule has 0 bridgehead atoms. The Morgan fingerprint density at radius 3 is 2.78 bits per heavy atom. The van der Waals surface area contributed by atoms with Gasteiger partial charge in [0.25, 0.3) is 0 Å². The van der Waals surface area contributed by atoms with Crippen LogP contribution in [0.3, 0.4) is 0 Å². The van der Waals surface area contributed by atoms with Crippen LogP contribution in [0.1, 0.15) is 0 Å². The molecule has 0 saturated heterocycles. The van der Waals surface area contributed by atoms with Gasteiger partial charge >= 0.3 is 5.84 Å². The van der Waals surface area contributed by atoms with E-state index < -0.39 is 0 Å². The Labute approximate surface area is 103 Å². The van der Waals surface area contributed by atoms with E-state index in [2.05, 4.69) is 20.4 Å². The zero-order valence-electron chi connectivity index (χ0n) is 9.16. The number of nitrogens with one attached hydrogen (secondary N) is 1. The van der Waals surface area contributed by atoms with E-state index in [0.29, 0.717) is 11.4 Å². The summed E-state index contributed by atoms with van der Waals surface area (Å²) in [6.45, 7) is 6.67. The molecule has 0 saturated carbocycles. The van der Waals surface area contributed by atoms with Gasteiger partial charge in [-0.2, -0.15) is 0 Å². The van der Waals surface area contributed by atoms with Gasteiger partial charge in [0.05, 0.1) is 11.9 Å². The van der Waals surface area contributed by atoms with E-state index in [1.54, 1.807) is 24.4 Å². The first-order chi connectivity index (χ1) is 8.83. The Balaban J connectivity index is 2.12. The van der Waals surface area contributed by atoms with Crippen LogP contribution in [0, 0.1) is 17.9 Å². The van der Waals surface area contributed by atoms with Crippen LogP contribution in [0.25, 0.3) is 16.2 Å². The lowest BCUT2D eigenvalue weighted by atomic mass is 10.2. The van der Waals surface area contributed by atoms with E-state index in [0.717, 1.165) is 5.56 Å². The molecule has 0 fully saturated rings. The number of nitriles is 1. The van der Waals surface area contributed by atoms with Crippen molar-refractivity contribution in [1.82, 2.24) is 4.98 Å². The number of amidine groups is 1. The fourth-order valence-electron chi connectivity index (χ4n) is 1.26. The molecule has 0 amide bonds. The maximum atomic E-state index is 8.52. The number of aromatic nitrogens is 1. The fourth-order valence-corrected chi connectivity index (χ4v) is 1.26. The van der Waals surface area contributed by atoms with E-state index in [-0.39, 0.29) is 5.84 Å². The summed E-state index contributed by atoms with van der Waals surface area (Å²) in [7, 11) is 0. The third kappa shape index (κ3) is 2.52. The lowest BCUT2D eigenvalue weighted by Crippen LogP contribution is -1.94. The number of hydrogen-bond acceptors (Lipinski definition) is 5. The molecule has 2 rings (SSSR count). The zero-order valence-corrected chi connectivity index (χ0v) is 9.16. The fraction of sp³-hybridized carbons (Fsp3) is 0. The highest BCUT2D eigenvalue weighted by molar-refractivity contribution is 6.04. The van der Waals surface area contributed by atoms with Crippen molar-refractivity contribution in [2.75, 3.05) is 5.43 Å². The molecule has 1 aromatic heterocycles. The van der Waals surface area contributed by atoms with Gasteiger partial charge in [0, 0.05) is 5.56 Å². The predicted molar refractivity (Wildman–Crippen MR) is 65.2 cm³/mol. The molecular formula is C12H7N5O. The minimum absolute atomic E-state index is 0.241. The van der Waals surface area contributed by atoms with Crippen molar-refractivity contribution in [2.24, 2.45) is 5.10 Å². The third-order valence-corrected chi connectivity index (χ3v) is 2.10. The van der Waals surface area contributed by atoms with Crippen molar-refractivity contribution in [1.29, 1.82) is 5.26 Å². The first-order valence-corrected chi connectivity index (χ1v) is 4.93. The Morgan fingerprint density at radius 1 is 1.44 bits per heavy atom. The molecule has 0 spiro atoms. The molecule has 0 aliphatic rings. The second-order valence-corrected chi connectivity index (χ2v) is 3.21. The number of benzene rings is 1. The van der Waals surface area contributed by atoms with E-state index in [4.69, 9.17) is 16.3 Å². The molecule has 0 aliphatic heterocycles. The Hall–Kier alpha value is -3.12. The summed E-state index contributed by atoms with van der Waals surface area (Å²) in [5, 5.41) is 12.2. The molecule has 1 heterocycles. The highest BCUT2D eigenvalue weighted by Crippen LogP contribution is 2.20. The van der Waals surface area contributed by atoms with E-state index in [1.807, 2.05) is 12.1 Å². The highest BCUT2D eigenvalue weighted by atomic mass is 16.3. The van der Waals surface area contributed by atoms with Gasteiger partial charge in [-0.05, 0) is 29.4 Å². The summed E-state index contributed by atoms with van der Waals surface area (Å²) in [6.07, 6.45) is 2.98.